The summed E-state index contributed by atoms with van der Waals surface area (Å²) in [5.74, 6) is -0.510. The number of Topliss-reactive ketones (excluding diaryl/α,β-unsaturated/α-hetero) is 1. The van der Waals surface area contributed by atoms with Crippen LogP contribution in [0.2, 0.25) is 0 Å². The number of esters is 2. The Hall–Kier alpha value is -4.26. The molecule has 0 aliphatic carbocycles. The first kappa shape index (κ1) is 20.0. The monoisotopic (exact) mass is 415 g/mol. The van der Waals surface area contributed by atoms with E-state index in [0.717, 1.165) is 0 Å². The number of methoxy groups -OCH3 is 1. The standard InChI is InChI=1S/C24H17NO6/c1-14-11-18(30-24(28)17-7-9-25-10-8-17)13-19-21(14)22(26)20(31-19)12-15-3-5-16(6-4-15)23(27)29-2/h3-13H,1-2H3/b20-12-. The number of carbonyl (C=O) groups is 3. The van der Waals surface area contributed by atoms with E-state index in [-0.39, 0.29) is 17.3 Å². The molecule has 0 spiro atoms. The van der Waals surface area contributed by atoms with Crippen LogP contribution in [-0.2, 0) is 4.74 Å². The third-order valence-electron chi connectivity index (χ3n) is 4.70. The number of ether oxygens (including phenoxy) is 3. The lowest BCUT2D eigenvalue weighted by atomic mass is 10.0. The molecule has 154 valence electrons. The van der Waals surface area contributed by atoms with E-state index in [4.69, 9.17) is 9.47 Å². The van der Waals surface area contributed by atoms with Crippen LogP contribution in [0.15, 0.2) is 66.7 Å². The van der Waals surface area contributed by atoms with Crippen molar-refractivity contribution in [1.29, 1.82) is 0 Å². The molecule has 7 nitrogen and oxygen atoms in total. The van der Waals surface area contributed by atoms with Crippen LogP contribution in [0.4, 0.5) is 0 Å². The molecule has 0 radical (unpaired) electrons. The Morgan fingerprint density at radius 3 is 2.32 bits per heavy atom. The smallest absolute Gasteiger partial charge is 0.343 e. The molecule has 7 heteroatoms. The number of aromatic nitrogens is 1. The predicted octanol–water partition coefficient (Wildman–Crippen LogP) is 4.01. The number of ketones is 1. The molecule has 2 heterocycles. The van der Waals surface area contributed by atoms with E-state index in [1.165, 1.54) is 25.6 Å². The van der Waals surface area contributed by atoms with E-state index in [1.807, 2.05) is 0 Å². The molecule has 0 bridgehead atoms. The van der Waals surface area contributed by atoms with Crippen LogP contribution in [0.25, 0.3) is 6.08 Å². The molecule has 1 aromatic heterocycles. The molecule has 0 atom stereocenters. The van der Waals surface area contributed by atoms with Gasteiger partial charge in [-0.25, -0.2) is 9.59 Å². The van der Waals surface area contributed by atoms with Gasteiger partial charge in [-0.1, -0.05) is 12.1 Å². The average molecular weight is 415 g/mol. The van der Waals surface area contributed by atoms with Gasteiger partial charge in [0, 0.05) is 18.5 Å². The van der Waals surface area contributed by atoms with E-state index in [9.17, 15) is 14.4 Å². The molecule has 0 saturated carbocycles. The molecule has 1 aliphatic rings. The zero-order chi connectivity index (χ0) is 22.0. The van der Waals surface area contributed by atoms with Crippen molar-refractivity contribution in [3.05, 3.63) is 94.5 Å². The third-order valence-corrected chi connectivity index (χ3v) is 4.70. The van der Waals surface area contributed by atoms with E-state index in [1.54, 1.807) is 55.5 Å². The summed E-state index contributed by atoms with van der Waals surface area (Å²) in [5, 5.41) is 0. The molecule has 0 unspecified atom stereocenters. The fourth-order valence-corrected chi connectivity index (χ4v) is 3.17. The van der Waals surface area contributed by atoms with E-state index < -0.39 is 11.9 Å². The molecule has 1 aliphatic heterocycles. The van der Waals surface area contributed by atoms with Gasteiger partial charge in [-0.15, -0.1) is 0 Å². The highest BCUT2D eigenvalue weighted by atomic mass is 16.5. The highest BCUT2D eigenvalue weighted by Crippen LogP contribution is 2.37. The summed E-state index contributed by atoms with van der Waals surface area (Å²) < 4.78 is 15.8. The third kappa shape index (κ3) is 4.06. The lowest BCUT2D eigenvalue weighted by Gasteiger charge is -2.07. The zero-order valence-corrected chi connectivity index (χ0v) is 16.7. The number of aryl methyl sites for hydroxylation is 1. The highest BCUT2D eigenvalue weighted by Gasteiger charge is 2.30. The number of pyridine rings is 1. The molecule has 0 amide bonds. The van der Waals surface area contributed by atoms with Crippen LogP contribution in [-0.4, -0.2) is 29.8 Å². The molecular weight excluding hydrogens is 398 g/mol. The molecule has 0 N–H and O–H groups in total. The number of nitrogens with zero attached hydrogens (tertiary/aromatic N) is 1. The van der Waals surface area contributed by atoms with Gasteiger partial charge >= 0.3 is 11.9 Å². The summed E-state index contributed by atoms with van der Waals surface area (Å²) in [4.78, 5) is 40.5. The largest absolute Gasteiger partial charge is 0.465 e. The van der Waals surface area contributed by atoms with Gasteiger partial charge < -0.3 is 14.2 Å². The maximum Gasteiger partial charge on any atom is 0.343 e. The Labute approximate surface area is 177 Å². The minimum Gasteiger partial charge on any atom is -0.465 e. The van der Waals surface area contributed by atoms with Gasteiger partial charge in [0.25, 0.3) is 0 Å². The van der Waals surface area contributed by atoms with E-state index >= 15 is 0 Å². The van der Waals surface area contributed by atoms with Gasteiger partial charge in [-0.2, -0.15) is 0 Å². The number of carbonyl (C=O) groups excluding carboxylic acids is 3. The van der Waals surface area contributed by atoms with Gasteiger partial charge in [-0.3, -0.25) is 9.78 Å². The molecule has 0 fully saturated rings. The van der Waals surface area contributed by atoms with Crippen molar-refractivity contribution in [2.75, 3.05) is 7.11 Å². The van der Waals surface area contributed by atoms with E-state index in [0.29, 0.717) is 33.6 Å². The van der Waals surface area contributed by atoms with Crippen LogP contribution in [0.1, 0.15) is 42.2 Å². The normalized spacial score (nSPS) is 13.5. The average Bonchev–Trinajstić information content (AvgIpc) is 3.09. The van der Waals surface area contributed by atoms with Crippen LogP contribution in [0.5, 0.6) is 11.5 Å². The predicted molar refractivity (Wildman–Crippen MR) is 111 cm³/mol. The van der Waals surface area contributed by atoms with Crippen LogP contribution in [0, 0.1) is 6.92 Å². The molecule has 31 heavy (non-hydrogen) atoms. The quantitative estimate of drug-likeness (QED) is 0.361. The fraction of sp³-hybridized carbons (Fsp3) is 0.0833. The van der Waals surface area contributed by atoms with Crippen molar-refractivity contribution in [2.24, 2.45) is 0 Å². The second kappa shape index (κ2) is 8.23. The minimum atomic E-state index is -0.535. The number of allylic oxidation sites excluding steroid dienone is 1. The highest BCUT2D eigenvalue weighted by molar-refractivity contribution is 6.15. The minimum absolute atomic E-state index is 0.140. The summed E-state index contributed by atoms with van der Waals surface area (Å²) in [6.45, 7) is 1.75. The van der Waals surface area contributed by atoms with Crippen molar-refractivity contribution in [2.45, 2.75) is 6.92 Å². The number of rotatable bonds is 4. The Bertz CT molecular complexity index is 1210. The maximum atomic E-state index is 12.8. The summed E-state index contributed by atoms with van der Waals surface area (Å²) in [5.41, 5.74) is 2.50. The molecule has 2 aromatic carbocycles. The second-order valence-corrected chi connectivity index (χ2v) is 6.79. The second-order valence-electron chi connectivity index (χ2n) is 6.79. The topological polar surface area (TPSA) is 91.8 Å². The first-order chi connectivity index (χ1) is 15.0. The first-order valence-electron chi connectivity index (χ1n) is 9.36. The van der Waals surface area contributed by atoms with E-state index in [2.05, 4.69) is 9.72 Å². The number of hydrogen-bond donors (Lipinski definition) is 0. The van der Waals surface area contributed by atoms with Crippen molar-refractivity contribution in [1.82, 2.24) is 4.98 Å². The molecule has 0 saturated heterocycles. The Kier molecular flexibility index (Phi) is 5.32. The van der Waals surface area contributed by atoms with Crippen LogP contribution >= 0.6 is 0 Å². The number of benzene rings is 2. The summed E-state index contributed by atoms with van der Waals surface area (Å²) >= 11 is 0. The summed E-state index contributed by atoms with van der Waals surface area (Å²) in [6.07, 6.45) is 4.59. The van der Waals surface area contributed by atoms with Gasteiger partial charge in [0.1, 0.15) is 11.5 Å². The van der Waals surface area contributed by atoms with Crippen molar-refractivity contribution in [3.63, 3.8) is 0 Å². The maximum absolute atomic E-state index is 12.8. The van der Waals surface area contributed by atoms with Gasteiger partial charge in [0.15, 0.2) is 5.76 Å². The fourth-order valence-electron chi connectivity index (χ4n) is 3.17. The van der Waals surface area contributed by atoms with Crippen molar-refractivity contribution < 1.29 is 28.6 Å². The van der Waals surface area contributed by atoms with Crippen LogP contribution in [0.3, 0.4) is 0 Å². The van der Waals surface area contributed by atoms with Gasteiger partial charge in [-0.05, 0) is 54.5 Å². The first-order valence-corrected chi connectivity index (χ1v) is 9.36. The molecular formula is C24H17NO6. The summed E-state index contributed by atoms with van der Waals surface area (Å²) in [7, 11) is 1.31. The molecule has 4 rings (SSSR count). The lowest BCUT2D eigenvalue weighted by Crippen LogP contribution is -2.08. The Morgan fingerprint density at radius 1 is 0.968 bits per heavy atom. The zero-order valence-electron chi connectivity index (χ0n) is 16.7. The molecule has 3 aromatic rings. The van der Waals surface area contributed by atoms with Crippen LogP contribution < -0.4 is 9.47 Å². The van der Waals surface area contributed by atoms with Gasteiger partial charge in [0.05, 0.1) is 23.8 Å². The van der Waals surface area contributed by atoms with Crippen molar-refractivity contribution >= 4 is 23.8 Å². The summed E-state index contributed by atoms with van der Waals surface area (Å²) in [6, 6.07) is 12.8. The number of fused-ring (bicyclic) bond motifs is 1. The SMILES string of the molecule is COC(=O)c1ccc(/C=C2\Oc3cc(OC(=O)c4ccncc4)cc(C)c3C2=O)cc1. The Balaban J connectivity index is 1.57. The number of hydrogen-bond acceptors (Lipinski definition) is 7. The Morgan fingerprint density at radius 2 is 1.65 bits per heavy atom. The van der Waals surface area contributed by atoms with Crippen molar-refractivity contribution in [3.8, 4) is 11.5 Å². The lowest BCUT2D eigenvalue weighted by molar-refractivity contribution is 0.0600. The van der Waals surface area contributed by atoms with Gasteiger partial charge in [0.2, 0.25) is 5.78 Å².